The Kier molecular flexibility index (Phi) is 9.68. The first-order valence-corrected chi connectivity index (χ1v) is 9.70. The highest BCUT2D eigenvalue weighted by atomic mass is 16.8. The van der Waals surface area contributed by atoms with Crippen LogP contribution in [0, 0.1) is 5.41 Å². The second kappa shape index (κ2) is 11.2. The highest BCUT2D eigenvalue weighted by Gasteiger charge is 2.41. The Morgan fingerprint density at radius 2 is 1.71 bits per heavy atom. The standard InChI is InChI=1S/C19H33NO8/c1-5-9-19(25-3,26-4)16(23)27-14(2)28-17(24)20-13-18(12-15(21)22)10-7-6-8-11-18/h14H,5-13H2,1-4H3,(H,20,24)(H,21,22). The molecule has 0 bridgehead atoms. The fourth-order valence-electron chi connectivity index (χ4n) is 3.64. The molecule has 1 rings (SSSR count). The summed E-state index contributed by atoms with van der Waals surface area (Å²) in [7, 11) is 2.68. The topological polar surface area (TPSA) is 120 Å². The van der Waals surface area contributed by atoms with E-state index >= 15 is 0 Å². The minimum atomic E-state index is -1.55. The summed E-state index contributed by atoms with van der Waals surface area (Å²) in [5.74, 6) is -3.21. The zero-order valence-electron chi connectivity index (χ0n) is 17.2. The van der Waals surface area contributed by atoms with Crippen LogP contribution in [0.1, 0.15) is 65.2 Å². The molecule has 162 valence electrons. The first-order chi connectivity index (χ1) is 13.2. The van der Waals surface area contributed by atoms with Crippen LogP contribution in [0.4, 0.5) is 4.79 Å². The number of aliphatic carboxylic acids is 1. The molecule has 0 spiro atoms. The number of esters is 1. The third kappa shape index (κ3) is 6.94. The van der Waals surface area contributed by atoms with Crippen LogP contribution in [0.5, 0.6) is 0 Å². The summed E-state index contributed by atoms with van der Waals surface area (Å²) >= 11 is 0. The lowest BCUT2D eigenvalue weighted by Gasteiger charge is -2.36. The van der Waals surface area contributed by atoms with Crippen LogP contribution in [-0.2, 0) is 28.5 Å². The predicted octanol–water partition coefficient (Wildman–Crippen LogP) is 2.82. The number of ether oxygens (including phenoxy) is 4. The molecule has 9 heteroatoms. The lowest BCUT2D eigenvalue weighted by molar-refractivity contribution is -0.244. The minimum Gasteiger partial charge on any atom is -0.481 e. The van der Waals surface area contributed by atoms with E-state index in [2.05, 4.69) is 5.32 Å². The summed E-state index contributed by atoms with van der Waals surface area (Å²) in [6.45, 7) is 3.48. The monoisotopic (exact) mass is 403 g/mol. The number of hydrogen-bond donors (Lipinski definition) is 2. The van der Waals surface area contributed by atoms with Crippen molar-refractivity contribution in [1.82, 2.24) is 5.32 Å². The van der Waals surface area contributed by atoms with Crippen molar-refractivity contribution in [1.29, 1.82) is 0 Å². The molecule has 9 nitrogen and oxygen atoms in total. The summed E-state index contributed by atoms with van der Waals surface area (Å²) < 4.78 is 20.5. The molecule has 0 heterocycles. The van der Waals surface area contributed by atoms with Crippen molar-refractivity contribution >= 4 is 18.0 Å². The fraction of sp³-hybridized carbons (Fsp3) is 0.842. The Hall–Kier alpha value is -1.87. The summed E-state index contributed by atoms with van der Waals surface area (Å²) in [5.41, 5.74) is -0.467. The van der Waals surface area contributed by atoms with Crippen LogP contribution in [0.3, 0.4) is 0 Å². The number of amides is 1. The Labute approximate surface area is 166 Å². The Morgan fingerprint density at radius 1 is 1.11 bits per heavy atom. The molecule has 1 aliphatic rings. The number of alkyl carbamates (subject to hydrolysis) is 1. The van der Waals surface area contributed by atoms with Gasteiger partial charge in [0.05, 0.1) is 6.42 Å². The highest BCUT2D eigenvalue weighted by molar-refractivity contribution is 5.78. The van der Waals surface area contributed by atoms with Crippen molar-refractivity contribution in [3.8, 4) is 0 Å². The molecule has 0 aromatic rings. The summed E-state index contributed by atoms with van der Waals surface area (Å²) in [6, 6.07) is 0. The van der Waals surface area contributed by atoms with Crippen molar-refractivity contribution in [2.75, 3.05) is 20.8 Å². The van der Waals surface area contributed by atoms with E-state index in [0.29, 0.717) is 6.42 Å². The summed E-state index contributed by atoms with van der Waals surface area (Å²) in [5, 5.41) is 11.8. The number of carboxylic acids is 1. The van der Waals surface area contributed by atoms with Gasteiger partial charge >= 0.3 is 18.0 Å². The maximum Gasteiger partial charge on any atom is 0.410 e. The molecule has 1 aliphatic carbocycles. The van der Waals surface area contributed by atoms with Gasteiger partial charge in [-0.2, -0.15) is 0 Å². The summed E-state index contributed by atoms with van der Waals surface area (Å²) in [6.07, 6.45) is 3.40. The predicted molar refractivity (Wildman–Crippen MR) is 99.5 cm³/mol. The van der Waals surface area contributed by atoms with Gasteiger partial charge in [-0.3, -0.25) is 4.79 Å². The maximum atomic E-state index is 12.3. The number of hydrogen-bond acceptors (Lipinski definition) is 7. The van der Waals surface area contributed by atoms with Gasteiger partial charge < -0.3 is 29.4 Å². The van der Waals surface area contributed by atoms with Gasteiger partial charge in [-0.1, -0.05) is 32.6 Å². The number of nitrogens with one attached hydrogen (secondary N) is 1. The van der Waals surface area contributed by atoms with Gasteiger partial charge in [0.15, 0.2) is 0 Å². The molecular weight excluding hydrogens is 370 g/mol. The zero-order chi connectivity index (χ0) is 21.2. The molecule has 0 radical (unpaired) electrons. The maximum absolute atomic E-state index is 12.3. The lowest BCUT2D eigenvalue weighted by Crippen LogP contribution is -2.46. The van der Waals surface area contributed by atoms with Crippen LogP contribution in [0.2, 0.25) is 0 Å². The molecule has 0 aromatic heterocycles. The van der Waals surface area contributed by atoms with Gasteiger partial charge in [0.1, 0.15) is 0 Å². The zero-order valence-corrected chi connectivity index (χ0v) is 17.2. The molecule has 1 atom stereocenters. The van der Waals surface area contributed by atoms with Crippen LogP contribution in [0.25, 0.3) is 0 Å². The van der Waals surface area contributed by atoms with Crippen molar-refractivity contribution in [2.24, 2.45) is 5.41 Å². The molecule has 0 aromatic carbocycles. The van der Waals surface area contributed by atoms with E-state index in [0.717, 1.165) is 32.1 Å². The average molecular weight is 403 g/mol. The molecule has 1 saturated carbocycles. The van der Waals surface area contributed by atoms with E-state index in [9.17, 15) is 19.5 Å². The van der Waals surface area contributed by atoms with Crippen LogP contribution in [-0.4, -0.2) is 56.0 Å². The third-order valence-electron chi connectivity index (χ3n) is 5.14. The first-order valence-electron chi connectivity index (χ1n) is 9.70. The van der Waals surface area contributed by atoms with E-state index in [-0.39, 0.29) is 19.4 Å². The van der Waals surface area contributed by atoms with E-state index in [4.69, 9.17) is 18.9 Å². The number of carbonyl (C=O) groups excluding carboxylic acids is 2. The molecule has 1 unspecified atom stereocenters. The second-order valence-corrected chi connectivity index (χ2v) is 7.27. The number of carboxylic acid groups (broad SMARTS) is 1. The van der Waals surface area contributed by atoms with Crippen LogP contribution in [0.15, 0.2) is 0 Å². The van der Waals surface area contributed by atoms with Crippen molar-refractivity contribution < 1.29 is 38.4 Å². The van der Waals surface area contributed by atoms with E-state index in [1.54, 1.807) is 0 Å². The van der Waals surface area contributed by atoms with Crippen molar-refractivity contribution in [2.45, 2.75) is 77.3 Å². The smallest absolute Gasteiger partial charge is 0.410 e. The average Bonchev–Trinajstić information content (AvgIpc) is 2.64. The lowest BCUT2D eigenvalue weighted by atomic mass is 9.72. The van der Waals surface area contributed by atoms with Crippen molar-refractivity contribution in [3.63, 3.8) is 0 Å². The highest BCUT2D eigenvalue weighted by Crippen LogP contribution is 2.38. The van der Waals surface area contributed by atoms with Gasteiger partial charge in [-0.25, -0.2) is 9.59 Å². The minimum absolute atomic E-state index is 0.000957. The molecule has 1 fully saturated rings. The van der Waals surface area contributed by atoms with Crippen LogP contribution >= 0.6 is 0 Å². The Balaban J connectivity index is 2.57. The molecule has 28 heavy (non-hydrogen) atoms. The molecule has 1 amide bonds. The first kappa shape index (κ1) is 24.2. The fourth-order valence-corrected chi connectivity index (χ4v) is 3.64. The quantitative estimate of drug-likeness (QED) is 0.399. The molecular formula is C19H33NO8. The largest absolute Gasteiger partial charge is 0.481 e. The Morgan fingerprint density at radius 3 is 2.21 bits per heavy atom. The van der Waals surface area contributed by atoms with Gasteiger partial charge in [0.2, 0.25) is 6.29 Å². The van der Waals surface area contributed by atoms with E-state index < -0.39 is 35.5 Å². The third-order valence-corrected chi connectivity index (χ3v) is 5.14. The molecule has 2 N–H and O–H groups in total. The van der Waals surface area contributed by atoms with Gasteiger partial charge in [-0.15, -0.1) is 0 Å². The van der Waals surface area contributed by atoms with E-state index in [1.807, 2.05) is 6.92 Å². The summed E-state index contributed by atoms with van der Waals surface area (Å²) in [4.78, 5) is 35.6. The number of rotatable bonds is 11. The second-order valence-electron chi connectivity index (χ2n) is 7.27. The Bertz CT molecular complexity index is 526. The number of methoxy groups -OCH3 is 2. The molecule has 0 aliphatic heterocycles. The van der Waals surface area contributed by atoms with Gasteiger partial charge in [0, 0.05) is 34.1 Å². The van der Waals surface area contributed by atoms with E-state index in [1.165, 1.54) is 21.1 Å². The van der Waals surface area contributed by atoms with Gasteiger partial charge in [0.25, 0.3) is 5.79 Å². The SMILES string of the molecule is CCCC(OC)(OC)C(=O)OC(C)OC(=O)NCC1(CC(=O)O)CCCCC1. The van der Waals surface area contributed by atoms with Crippen molar-refractivity contribution in [3.05, 3.63) is 0 Å². The normalized spacial score (nSPS) is 17.4. The molecule has 0 saturated heterocycles. The van der Waals surface area contributed by atoms with Gasteiger partial charge in [-0.05, 0) is 18.3 Å². The number of carbonyl (C=O) groups is 3. The van der Waals surface area contributed by atoms with Crippen LogP contribution < -0.4 is 5.32 Å².